The first-order valence-electron chi connectivity index (χ1n) is 5.24. The van der Waals surface area contributed by atoms with Crippen LogP contribution in [0.1, 0.15) is 26.7 Å². The summed E-state index contributed by atoms with van der Waals surface area (Å²) in [4.78, 5) is 11.8. The van der Waals surface area contributed by atoms with Crippen LogP contribution in [0.25, 0.3) is 0 Å². The lowest BCUT2D eigenvalue weighted by atomic mass is 9.70. The number of hydrogen-bond donors (Lipinski definition) is 1. The molecule has 2 saturated carbocycles. The van der Waals surface area contributed by atoms with Crippen LogP contribution in [0.2, 0.25) is 0 Å². The Morgan fingerprint density at radius 3 is 2.35 bits per heavy atom. The number of quaternary nitrogens is 1. The van der Waals surface area contributed by atoms with Gasteiger partial charge in [0.25, 0.3) is 0 Å². The topological polar surface area (TPSA) is 111 Å². The minimum Gasteiger partial charge on any atom is -0.748 e. The summed E-state index contributed by atoms with van der Waals surface area (Å²) in [6.07, 6.45) is 1.49. The average molecular weight is 328 g/mol. The first-order chi connectivity index (χ1) is 7.12. The number of Topliss-reactive ketones (excluding diaryl/α,β-unsaturated/α-hetero) is 1. The van der Waals surface area contributed by atoms with Crippen LogP contribution in [0.3, 0.4) is 0 Å². The van der Waals surface area contributed by atoms with Crippen LogP contribution in [0.4, 0.5) is 0 Å². The molecule has 0 aromatic carbocycles. The molecule has 17 heavy (non-hydrogen) atoms. The van der Waals surface area contributed by atoms with E-state index in [1.807, 2.05) is 0 Å². The van der Waals surface area contributed by atoms with Crippen LogP contribution in [-0.4, -0.2) is 29.3 Å². The smallest absolute Gasteiger partial charge is 0.153 e. The number of carbonyl (C=O) groups excluding carboxylic acids is 1. The van der Waals surface area contributed by atoms with Crippen molar-refractivity contribution in [3.8, 4) is 0 Å². The molecular weight excluding hydrogens is 310 g/mol. The molecule has 100 valence electrons. The minimum absolute atomic E-state index is 0. The largest absolute Gasteiger partial charge is 0.748 e. The number of alkyl halides is 1. The van der Waals surface area contributed by atoms with Crippen LogP contribution in [0.5, 0.6) is 0 Å². The highest BCUT2D eigenvalue weighted by molar-refractivity contribution is 9.10. The third kappa shape index (κ3) is 1.87. The van der Waals surface area contributed by atoms with Crippen LogP contribution >= 0.6 is 15.9 Å². The van der Waals surface area contributed by atoms with Gasteiger partial charge >= 0.3 is 0 Å². The molecule has 0 amide bonds. The quantitative estimate of drug-likeness (QED) is 0.614. The average Bonchev–Trinajstić information content (AvgIpc) is 2.40. The molecule has 0 aromatic heterocycles. The zero-order valence-electron chi connectivity index (χ0n) is 10.2. The van der Waals surface area contributed by atoms with Crippen molar-refractivity contribution in [2.45, 2.75) is 31.5 Å². The molecule has 0 spiro atoms. The molecule has 2 bridgehead atoms. The predicted octanol–water partition coefficient (Wildman–Crippen LogP) is 1.68. The number of ketones is 1. The summed E-state index contributed by atoms with van der Waals surface area (Å²) < 4.78 is 33.0. The zero-order chi connectivity index (χ0) is 12.4. The lowest BCUT2D eigenvalue weighted by molar-refractivity contribution is -0.127. The Morgan fingerprint density at radius 2 is 2.00 bits per heavy atom. The van der Waals surface area contributed by atoms with Gasteiger partial charge in [0.1, 0.15) is 0 Å². The molecule has 4 atom stereocenters. The molecule has 0 aromatic rings. The molecular formula is C10H18BrNO4S. The molecule has 2 aliphatic carbocycles. The van der Waals surface area contributed by atoms with E-state index in [2.05, 4.69) is 15.9 Å². The van der Waals surface area contributed by atoms with E-state index in [0.29, 0.717) is 6.42 Å². The van der Waals surface area contributed by atoms with E-state index in [1.54, 1.807) is 13.8 Å². The Kier molecular flexibility index (Phi) is 3.56. The second kappa shape index (κ2) is 4.01. The summed E-state index contributed by atoms with van der Waals surface area (Å²) in [6.45, 7) is 3.56. The highest BCUT2D eigenvalue weighted by Crippen LogP contribution is 2.65. The Morgan fingerprint density at radius 1 is 1.47 bits per heavy atom. The summed E-state index contributed by atoms with van der Waals surface area (Å²) in [7, 11) is -4.30. The predicted molar refractivity (Wildman–Crippen MR) is 67.2 cm³/mol. The monoisotopic (exact) mass is 327 g/mol. The van der Waals surface area contributed by atoms with Gasteiger partial charge in [-0.15, -0.1) is 0 Å². The first kappa shape index (κ1) is 15.1. The van der Waals surface area contributed by atoms with Gasteiger partial charge in [-0.2, -0.15) is 0 Å². The molecule has 0 unspecified atom stereocenters. The fourth-order valence-corrected chi connectivity index (χ4v) is 6.07. The van der Waals surface area contributed by atoms with Gasteiger partial charge in [0.15, 0.2) is 5.78 Å². The first-order valence-corrected chi connectivity index (χ1v) is 7.73. The van der Waals surface area contributed by atoms with E-state index < -0.39 is 26.7 Å². The molecule has 0 heterocycles. The summed E-state index contributed by atoms with van der Waals surface area (Å²) >= 11 is 3.33. The molecule has 7 heteroatoms. The van der Waals surface area contributed by atoms with E-state index in [1.165, 1.54) is 0 Å². The minimum atomic E-state index is -4.30. The molecule has 2 rings (SSSR count). The van der Waals surface area contributed by atoms with Crippen molar-refractivity contribution in [1.29, 1.82) is 0 Å². The number of rotatable bonds is 2. The summed E-state index contributed by atoms with van der Waals surface area (Å²) in [5, 5.41) is 0. The normalized spacial score (nSPS) is 44.8. The Bertz CT molecular complexity index is 451. The van der Waals surface area contributed by atoms with E-state index in [9.17, 15) is 17.8 Å². The van der Waals surface area contributed by atoms with E-state index in [4.69, 9.17) is 0 Å². The van der Waals surface area contributed by atoms with Crippen molar-refractivity contribution < 1.29 is 17.8 Å². The fourth-order valence-electron chi connectivity index (χ4n) is 3.45. The third-order valence-electron chi connectivity index (χ3n) is 4.66. The number of hydrogen-bond acceptors (Lipinski definition) is 4. The standard InChI is InChI=1S/C10H15BrO4S.H3N/c1-9-4-3-6(7(11)8(9)12)10(9,2)5-16(13,14)15;/h6-7H,3-5H2,1-2H3,(H,13,14,15);1H3/t6-,7-,9-,10+;/m0./s1. The van der Waals surface area contributed by atoms with Crippen LogP contribution in [-0.2, 0) is 14.9 Å². The van der Waals surface area contributed by atoms with Crippen LogP contribution in [0.15, 0.2) is 0 Å². The second-order valence-electron chi connectivity index (χ2n) is 5.36. The van der Waals surface area contributed by atoms with Gasteiger partial charge in [0, 0.05) is 11.2 Å². The maximum Gasteiger partial charge on any atom is 0.153 e. The highest BCUT2D eigenvalue weighted by atomic mass is 79.9. The maximum atomic E-state index is 12.0. The summed E-state index contributed by atoms with van der Waals surface area (Å²) in [5.74, 6) is -0.418. The summed E-state index contributed by atoms with van der Waals surface area (Å²) in [6, 6.07) is 0. The van der Waals surface area contributed by atoms with Gasteiger partial charge in [-0.05, 0) is 24.2 Å². The van der Waals surface area contributed by atoms with E-state index in [-0.39, 0.29) is 22.7 Å². The highest BCUT2D eigenvalue weighted by Gasteiger charge is 2.68. The maximum absolute atomic E-state index is 12.0. The molecule has 0 radical (unpaired) electrons. The molecule has 2 fully saturated rings. The number of halogens is 1. The number of fused-ring (bicyclic) bond motifs is 2. The van der Waals surface area contributed by atoms with Crippen molar-refractivity contribution in [2.24, 2.45) is 16.7 Å². The Labute approximate surface area is 110 Å². The summed E-state index contributed by atoms with van der Waals surface area (Å²) in [5.41, 5.74) is -1.37. The van der Waals surface area contributed by atoms with Gasteiger partial charge in [0.2, 0.25) is 0 Å². The van der Waals surface area contributed by atoms with Crippen LogP contribution in [0, 0.1) is 16.7 Å². The van der Waals surface area contributed by atoms with Gasteiger partial charge in [-0.1, -0.05) is 29.8 Å². The zero-order valence-corrected chi connectivity index (χ0v) is 12.6. The lowest BCUT2D eigenvalue weighted by Crippen LogP contribution is -2.40. The Hall–Kier alpha value is 0.0200. The third-order valence-corrected chi connectivity index (χ3v) is 6.67. The van der Waals surface area contributed by atoms with Crippen molar-refractivity contribution in [3.05, 3.63) is 0 Å². The molecule has 0 saturated heterocycles. The second-order valence-corrected chi connectivity index (χ2v) is 7.75. The van der Waals surface area contributed by atoms with Gasteiger partial charge in [-0.25, -0.2) is 8.42 Å². The van der Waals surface area contributed by atoms with Crippen molar-refractivity contribution in [2.75, 3.05) is 5.75 Å². The molecule has 5 nitrogen and oxygen atoms in total. The van der Waals surface area contributed by atoms with Crippen molar-refractivity contribution in [1.82, 2.24) is 6.15 Å². The van der Waals surface area contributed by atoms with E-state index >= 15 is 0 Å². The molecule has 4 N–H and O–H groups in total. The van der Waals surface area contributed by atoms with Gasteiger partial charge < -0.3 is 10.7 Å². The lowest BCUT2D eigenvalue weighted by Gasteiger charge is -2.37. The van der Waals surface area contributed by atoms with E-state index in [0.717, 1.165) is 6.42 Å². The van der Waals surface area contributed by atoms with Crippen molar-refractivity contribution in [3.63, 3.8) is 0 Å². The Balaban J connectivity index is 0.00000144. The SMILES string of the molecule is C[C@]12CC[C@@H]([C@H](Br)C1=O)[C@@]2(C)CS(=O)(=O)[O-].[NH4+]. The molecule has 2 aliphatic rings. The van der Waals surface area contributed by atoms with Gasteiger partial charge in [0.05, 0.1) is 14.9 Å². The van der Waals surface area contributed by atoms with Gasteiger partial charge in [-0.3, -0.25) is 4.79 Å². The van der Waals surface area contributed by atoms with Crippen molar-refractivity contribution >= 4 is 31.8 Å². The van der Waals surface area contributed by atoms with Crippen LogP contribution < -0.4 is 6.15 Å². The number of carbonyl (C=O) groups is 1. The fraction of sp³-hybridized carbons (Fsp3) is 0.900. The molecule has 0 aliphatic heterocycles.